The minimum absolute atomic E-state index is 0.0123. The van der Waals surface area contributed by atoms with E-state index in [1.54, 1.807) is 43.3 Å². The summed E-state index contributed by atoms with van der Waals surface area (Å²) in [6.07, 6.45) is 0.323. The van der Waals surface area contributed by atoms with Crippen LogP contribution in [0.4, 0.5) is 18.0 Å². The van der Waals surface area contributed by atoms with Gasteiger partial charge in [-0.25, -0.2) is 27.3 Å². The lowest BCUT2D eigenvalue weighted by molar-refractivity contribution is -0.892. The van der Waals surface area contributed by atoms with Crippen molar-refractivity contribution in [3.05, 3.63) is 118 Å². The highest BCUT2D eigenvalue weighted by molar-refractivity contribution is 7.85. The van der Waals surface area contributed by atoms with E-state index in [9.17, 15) is 41.0 Å². The van der Waals surface area contributed by atoms with Crippen molar-refractivity contribution in [2.75, 3.05) is 27.2 Å². The highest BCUT2D eigenvalue weighted by Gasteiger charge is 2.33. The van der Waals surface area contributed by atoms with Gasteiger partial charge in [0.25, 0.3) is 0 Å². The molecule has 1 fully saturated rings. The molecule has 2 heterocycles. The molecule has 0 spiro atoms. The van der Waals surface area contributed by atoms with Crippen LogP contribution in [0, 0.1) is 24.2 Å². The lowest BCUT2D eigenvalue weighted by Gasteiger charge is -2.36. The lowest BCUT2D eigenvalue weighted by atomic mass is 9.85. The number of aromatic nitrogens is 4. The van der Waals surface area contributed by atoms with E-state index in [1.807, 2.05) is 0 Å². The van der Waals surface area contributed by atoms with E-state index in [1.165, 1.54) is 47.3 Å². The monoisotopic (exact) mass is 777 g/mol. The third-order valence-corrected chi connectivity index (χ3v) is 10.7. The molecule has 2 aromatic heterocycles. The van der Waals surface area contributed by atoms with Crippen molar-refractivity contribution in [2.45, 2.75) is 56.6 Å². The second-order valence-corrected chi connectivity index (χ2v) is 15.5. The first-order chi connectivity index (χ1) is 25.9. The van der Waals surface area contributed by atoms with Gasteiger partial charge < -0.3 is 14.4 Å². The molecule has 0 saturated heterocycles. The fourth-order valence-corrected chi connectivity index (χ4v) is 7.22. The van der Waals surface area contributed by atoms with Gasteiger partial charge in [0, 0.05) is 12.0 Å². The summed E-state index contributed by atoms with van der Waals surface area (Å²) in [5.41, 5.74) is 0.173. The van der Waals surface area contributed by atoms with Crippen molar-refractivity contribution < 1.29 is 35.4 Å². The predicted molar refractivity (Wildman–Crippen MR) is 199 cm³/mol. The van der Waals surface area contributed by atoms with E-state index in [4.69, 9.17) is 0 Å². The van der Waals surface area contributed by atoms with Gasteiger partial charge in [-0.2, -0.15) is 23.5 Å². The quantitative estimate of drug-likeness (QED) is 0.140. The number of benzene rings is 3. The zero-order valence-corrected chi connectivity index (χ0v) is 31.6. The molecule has 0 unspecified atom stereocenters. The first-order valence-corrected chi connectivity index (χ1v) is 19.0. The minimum atomic E-state index is -4.62. The van der Waals surface area contributed by atoms with Gasteiger partial charge in [-0.3, -0.25) is 4.57 Å². The molecular formula is C39H42F3N7O5S. The van der Waals surface area contributed by atoms with Gasteiger partial charge in [0.05, 0.1) is 78.2 Å². The number of imidazole rings is 1. The maximum absolute atomic E-state index is 14.0. The topological polar surface area (TPSA) is 155 Å². The van der Waals surface area contributed by atoms with E-state index < -0.39 is 33.6 Å². The van der Waals surface area contributed by atoms with Gasteiger partial charge in [-0.05, 0) is 100 Å². The van der Waals surface area contributed by atoms with Crippen LogP contribution in [0.5, 0.6) is 0 Å². The largest absolute Gasteiger partial charge is 0.744 e. The van der Waals surface area contributed by atoms with Crippen LogP contribution in [0.15, 0.2) is 101 Å². The van der Waals surface area contributed by atoms with Crippen molar-refractivity contribution in [3.8, 4) is 28.8 Å². The summed E-state index contributed by atoms with van der Waals surface area (Å²) in [5, 5.41) is 16.7. The van der Waals surface area contributed by atoms with Gasteiger partial charge in [0.2, 0.25) is 0 Å². The number of halogens is 3. The average Bonchev–Trinajstić information content (AvgIpc) is 3.73. The number of hydrogen-bond donors (Lipinski definition) is 1. The number of quaternary nitrogens is 1. The zero-order chi connectivity index (χ0) is 40.1. The molecule has 0 bridgehead atoms. The minimum Gasteiger partial charge on any atom is -0.744 e. The maximum Gasteiger partial charge on any atom is 0.416 e. The first kappa shape index (κ1) is 40.7. The Hall–Kier alpha value is -5.50. The molecule has 3 aromatic carbocycles. The van der Waals surface area contributed by atoms with Crippen molar-refractivity contribution in [3.63, 3.8) is 0 Å². The van der Waals surface area contributed by atoms with E-state index >= 15 is 0 Å². The smallest absolute Gasteiger partial charge is 0.416 e. The molecule has 0 aliphatic heterocycles. The van der Waals surface area contributed by atoms with Crippen LogP contribution < -0.4 is 11.0 Å². The molecule has 1 saturated carbocycles. The Morgan fingerprint density at radius 2 is 1.64 bits per heavy atom. The highest BCUT2D eigenvalue weighted by atomic mass is 32.2. The highest BCUT2D eigenvalue weighted by Crippen LogP contribution is 2.32. The van der Waals surface area contributed by atoms with Gasteiger partial charge in [-0.15, -0.1) is 0 Å². The van der Waals surface area contributed by atoms with Crippen LogP contribution in [-0.2, 0) is 16.3 Å². The lowest BCUT2D eigenvalue weighted by Crippen LogP contribution is -2.47. The molecule has 6 rings (SSSR count). The second kappa shape index (κ2) is 16.5. The molecule has 1 aliphatic carbocycles. The SMILES string of the molecule is CC[N+](C)(C)C[C@H]1CC[C@@H](NC(=O)n2c(-c3ccnn3-c3ccc(C#N)cc3)c(C)n(-c3cccc(C(F)(F)F)c3)c2=O)CC1.O=S(=O)([O-])c1ccccc1. The molecule has 12 nitrogen and oxygen atoms in total. The Balaban J connectivity index is 0.000000504. The van der Waals surface area contributed by atoms with Gasteiger partial charge in [-0.1, -0.05) is 24.3 Å². The fourth-order valence-electron chi connectivity index (χ4n) is 6.73. The molecule has 0 radical (unpaired) electrons. The average molecular weight is 778 g/mol. The summed E-state index contributed by atoms with van der Waals surface area (Å²) in [6.45, 7) is 5.85. The number of hydrogen-bond acceptors (Lipinski definition) is 7. The second-order valence-electron chi connectivity index (χ2n) is 14.1. The summed E-state index contributed by atoms with van der Waals surface area (Å²) < 4.78 is 76.3. The van der Waals surface area contributed by atoms with Gasteiger partial charge in [0.1, 0.15) is 15.8 Å². The van der Waals surface area contributed by atoms with Crippen LogP contribution in [0.1, 0.15) is 49.4 Å². The van der Waals surface area contributed by atoms with E-state index in [2.05, 4.69) is 37.5 Å². The molecule has 16 heteroatoms. The number of carbonyl (C=O) groups is 1. The van der Waals surface area contributed by atoms with Crippen LogP contribution >= 0.6 is 0 Å². The van der Waals surface area contributed by atoms with E-state index in [0.29, 0.717) is 22.9 Å². The fraction of sp³-hybridized carbons (Fsp3) is 0.333. The zero-order valence-electron chi connectivity index (χ0n) is 30.8. The summed E-state index contributed by atoms with van der Waals surface area (Å²) in [4.78, 5) is 27.8. The van der Waals surface area contributed by atoms with Gasteiger partial charge in [0.15, 0.2) is 0 Å². The molecular weight excluding hydrogens is 736 g/mol. The van der Waals surface area contributed by atoms with Crippen molar-refractivity contribution >= 4 is 16.1 Å². The van der Waals surface area contributed by atoms with Crippen molar-refractivity contribution in [2.24, 2.45) is 5.92 Å². The normalized spacial score (nSPS) is 16.1. The van der Waals surface area contributed by atoms with Gasteiger partial charge >= 0.3 is 17.9 Å². The van der Waals surface area contributed by atoms with Crippen LogP contribution in [0.2, 0.25) is 0 Å². The molecule has 55 heavy (non-hydrogen) atoms. The first-order valence-electron chi connectivity index (χ1n) is 17.6. The van der Waals surface area contributed by atoms with Crippen molar-refractivity contribution in [1.82, 2.24) is 24.2 Å². The number of amides is 1. The van der Waals surface area contributed by atoms with E-state index in [0.717, 1.165) is 64.5 Å². The number of alkyl halides is 3. The molecule has 1 aliphatic rings. The standard InChI is InChI=1S/C33H36F3N7O2.C6H6O3S/c1-5-43(3,4)21-24-9-13-26(14-10-24)39-31(44)41-30(29-17-18-38-42(29)27-15-11-23(20-37)12-16-27)22(2)40(32(41)45)28-8-6-7-25(19-28)33(34,35)36;7-10(8,9)6-4-2-1-3-5-6/h6-8,11-12,15-19,24,26H,5,9-10,13-14,21H2,1-4H3;1-5H,(H,7,8,9)/t24-,26+;. The molecule has 1 amide bonds. The number of nitrogens with one attached hydrogen (secondary N) is 1. The Morgan fingerprint density at radius 3 is 2.20 bits per heavy atom. The predicted octanol–water partition coefficient (Wildman–Crippen LogP) is 6.49. The van der Waals surface area contributed by atoms with Crippen LogP contribution in [0.25, 0.3) is 22.8 Å². The maximum atomic E-state index is 14.0. The van der Waals surface area contributed by atoms with Crippen LogP contribution in [-0.4, -0.2) is 75.6 Å². The summed E-state index contributed by atoms with van der Waals surface area (Å²) in [7, 11) is 0.167. The number of nitrogens with zero attached hydrogens (tertiary/aromatic N) is 6. The number of nitriles is 1. The molecule has 1 N–H and O–H groups in total. The van der Waals surface area contributed by atoms with E-state index in [-0.39, 0.29) is 28.0 Å². The number of carbonyl (C=O) groups excluding carboxylic acids is 1. The molecule has 5 aromatic rings. The van der Waals surface area contributed by atoms with Crippen LogP contribution in [0.3, 0.4) is 0 Å². The summed E-state index contributed by atoms with van der Waals surface area (Å²) >= 11 is 0. The number of rotatable bonds is 8. The Labute approximate surface area is 317 Å². The third kappa shape index (κ3) is 9.60. The molecule has 0 atom stereocenters. The summed E-state index contributed by atoms with van der Waals surface area (Å²) in [5.74, 6) is 0.539. The summed E-state index contributed by atoms with van der Waals surface area (Å²) in [6, 6.07) is 21.2. The Bertz CT molecular complexity index is 2340. The third-order valence-electron chi connectivity index (χ3n) is 9.86. The Morgan fingerprint density at radius 1 is 0.982 bits per heavy atom. The molecule has 290 valence electrons. The Kier molecular flexibility index (Phi) is 12.2. The van der Waals surface area contributed by atoms with Crippen molar-refractivity contribution in [1.29, 1.82) is 5.26 Å².